The van der Waals surface area contributed by atoms with Crippen molar-refractivity contribution in [3.05, 3.63) is 35.9 Å². The van der Waals surface area contributed by atoms with Crippen LogP contribution >= 0.6 is 0 Å². The van der Waals surface area contributed by atoms with Crippen LogP contribution in [0.15, 0.2) is 30.3 Å². The largest absolute Gasteiger partial charge is 0.448 e. The Bertz CT molecular complexity index is 474. The third kappa shape index (κ3) is 3.06. The van der Waals surface area contributed by atoms with E-state index in [4.69, 9.17) is 9.47 Å². The van der Waals surface area contributed by atoms with E-state index in [1.54, 1.807) is 6.92 Å². The predicted molar refractivity (Wildman–Crippen MR) is 73.4 cm³/mol. The number of carbonyl (C=O) groups is 1. The molecule has 5 heteroatoms. The summed E-state index contributed by atoms with van der Waals surface area (Å²) in [6.07, 6.45) is 2.82. The number of nitrogens with one attached hydrogen (secondary N) is 1. The lowest BCUT2D eigenvalue weighted by Gasteiger charge is -2.28. The summed E-state index contributed by atoms with van der Waals surface area (Å²) in [5.41, 5.74) is 4.89. The molecule has 1 aliphatic heterocycles. The maximum Gasteiger partial charge on any atom is 0.431 e. The van der Waals surface area contributed by atoms with E-state index in [0.717, 1.165) is 11.3 Å². The van der Waals surface area contributed by atoms with Crippen LogP contribution in [0.5, 0.6) is 0 Å². The summed E-state index contributed by atoms with van der Waals surface area (Å²) in [4.78, 5) is 12.0. The number of carbonyl (C=O) groups excluding carboxylic acids is 1. The number of ether oxygens (including phenoxy) is 2. The van der Waals surface area contributed by atoms with Gasteiger partial charge in [0.15, 0.2) is 6.23 Å². The van der Waals surface area contributed by atoms with Crippen molar-refractivity contribution in [2.75, 3.05) is 18.6 Å². The molecule has 0 fully saturated rings. The van der Waals surface area contributed by atoms with E-state index in [0.29, 0.717) is 13.2 Å². The zero-order valence-electron chi connectivity index (χ0n) is 11.1. The van der Waals surface area contributed by atoms with Crippen molar-refractivity contribution in [1.82, 2.24) is 5.01 Å². The minimum Gasteiger partial charge on any atom is -0.448 e. The third-order valence-electron chi connectivity index (χ3n) is 2.70. The molecule has 2 rings (SSSR count). The SMILES string of the molecule is CCOC(=O)N1Nc2ccccc2C=CC1OCC. The van der Waals surface area contributed by atoms with Gasteiger partial charge in [0.25, 0.3) is 0 Å². The van der Waals surface area contributed by atoms with Gasteiger partial charge in [-0.1, -0.05) is 24.3 Å². The number of amides is 1. The minimum atomic E-state index is -0.489. The first-order valence-corrected chi connectivity index (χ1v) is 6.37. The summed E-state index contributed by atoms with van der Waals surface area (Å²) >= 11 is 0. The van der Waals surface area contributed by atoms with Gasteiger partial charge in [-0.15, -0.1) is 0 Å². The Morgan fingerprint density at radius 1 is 1.32 bits per heavy atom. The lowest BCUT2D eigenvalue weighted by Crippen LogP contribution is -2.44. The van der Waals surface area contributed by atoms with E-state index in [-0.39, 0.29) is 0 Å². The first-order chi connectivity index (χ1) is 9.26. The fourth-order valence-electron chi connectivity index (χ4n) is 1.85. The molecule has 1 aromatic carbocycles. The lowest BCUT2D eigenvalue weighted by atomic mass is 10.2. The van der Waals surface area contributed by atoms with Crippen molar-refractivity contribution in [2.24, 2.45) is 0 Å². The number of rotatable bonds is 3. The van der Waals surface area contributed by atoms with Gasteiger partial charge >= 0.3 is 6.09 Å². The van der Waals surface area contributed by atoms with Gasteiger partial charge in [0, 0.05) is 6.61 Å². The van der Waals surface area contributed by atoms with Gasteiger partial charge in [-0.2, -0.15) is 5.01 Å². The highest BCUT2D eigenvalue weighted by molar-refractivity contribution is 5.75. The Morgan fingerprint density at radius 2 is 2.11 bits per heavy atom. The molecule has 1 aliphatic rings. The molecule has 0 saturated heterocycles. The smallest absolute Gasteiger partial charge is 0.431 e. The normalized spacial score (nSPS) is 17.4. The van der Waals surface area contributed by atoms with Crippen LogP contribution in [0, 0.1) is 0 Å². The summed E-state index contributed by atoms with van der Waals surface area (Å²) in [5, 5.41) is 1.36. The number of hydrazine groups is 1. The van der Waals surface area contributed by atoms with E-state index >= 15 is 0 Å². The highest BCUT2D eigenvalue weighted by Crippen LogP contribution is 2.23. The Kier molecular flexibility index (Phi) is 4.41. The average molecular weight is 262 g/mol. The summed E-state index contributed by atoms with van der Waals surface area (Å²) in [5.74, 6) is 0. The van der Waals surface area contributed by atoms with E-state index < -0.39 is 12.3 Å². The molecular weight excluding hydrogens is 244 g/mol. The molecule has 1 unspecified atom stereocenters. The molecule has 0 spiro atoms. The molecule has 1 aromatic rings. The van der Waals surface area contributed by atoms with Crippen molar-refractivity contribution >= 4 is 17.9 Å². The maximum atomic E-state index is 12.0. The number of nitrogens with zero attached hydrogens (tertiary/aromatic N) is 1. The van der Waals surface area contributed by atoms with E-state index in [1.165, 1.54) is 5.01 Å². The van der Waals surface area contributed by atoms with E-state index in [2.05, 4.69) is 5.43 Å². The summed E-state index contributed by atoms with van der Waals surface area (Å²) < 4.78 is 10.6. The van der Waals surface area contributed by atoms with Crippen molar-refractivity contribution in [3.8, 4) is 0 Å². The molecule has 1 heterocycles. The Morgan fingerprint density at radius 3 is 2.84 bits per heavy atom. The molecule has 1 N–H and O–H groups in total. The Balaban J connectivity index is 2.28. The highest BCUT2D eigenvalue weighted by atomic mass is 16.6. The van der Waals surface area contributed by atoms with Gasteiger partial charge in [-0.25, -0.2) is 4.79 Å². The standard InChI is InChI=1S/C14H18N2O3/c1-3-18-13-10-9-11-7-5-6-8-12(11)15-16(13)14(17)19-4-2/h5-10,13,15H,3-4H2,1-2H3. The zero-order valence-corrected chi connectivity index (χ0v) is 11.1. The van der Waals surface area contributed by atoms with Crippen LogP contribution in [0.25, 0.3) is 6.08 Å². The molecule has 0 aromatic heterocycles. The van der Waals surface area contributed by atoms with Crippen LogP contribution in [-0.4, -0.2) is 30.5 Å². The average Bonchev–Trinajstić information content (AvgIpc) is 2.60. The van der Waals surface area contributed by atoms with E-state index in [1.807, 2.05) is 43.3 Å². The van der Waals surface area contributed by atoms with Gasteiger partial charge in [0.1, 0.15) is 0 Å². The molecule has 5 nitrogen and oxygen atoms in total. The molecular formula is C14H18N2O3. The van der Waals surface area contributed by atoms with Crippen LogP contribution in [0.3, 0.4) is 0 Å². The lowest BCUT2D eigenvalue weighted by molar-refractivity contribution is -0.00804. The molecule has 0 bridgehead atoms. The van der Waals surface area contributed by atoms with Crippen molar-refractivity contribution in [3.63, 3.8) is 0 Å². The van der Waals surface area contributed by atoms with Gasteiger partial charge in [-0.3, -0.25) is 5.43 Å². The van der Waals surface area contributed by atoms with Crippen molar-refractivity contribution in [2.45, 2.75) is 20.1 Å². The fraction of sp³-hybridized carbons (Fsp3) is 0.357. The second-order valence-electron chi connectivity index (χ2n) is 3.97. The number of hydrogen-bond acceptors (Lipinski definition) is 4. The second kappa shape index (κ2) is 6.24. The predicted octanol–water partition coefficient (Wildman–Crippen LogP) is 2.86. The summed E-state index contributed by atoms with van der Waals surface area (Å²) in [7, 11) is 0. The molecule has 0 aliphatic carbocycles. The van der Waals surface area contributed by atoms with Crippen molar-refractivity contribution in [1.29, 1.82) is 0 Å². The van der Waals surface area contributed by atoms with Crippen LogP contribution in [0.4, 0.5) is 10.5 Å². The van der Waals surface area contributed by atoms with Gasteiger partial charge in [-0.05, 0) is 31.6 Å². The van der Waals surface area contributed by atoms with Gasteiger partial charge in [0.05, 0.1) is 12.3 Å². The minimum absolute atomic E-state index is 0.321. The molecule has 0 saturated carbocycles. The third-order valence-corrected chi connectivity index (χ3v) is 2.70. The maximum absolute atomic E-state index is 12.0. The topological polar surface area (TPSA) is 50.8 Å². The number of para-hydroxylation sites is 1. The second-order valence-corrected chi connectivity index (χ2v) is 3.97. The van der Waals surface area contributed by atoms with Crippen LogP contribution in [0.2, 0.25) is 0 Å². The highest BCUT2D eigenvalue weighted by Gasteiger charge is 2.26. The summed E-state index contributed by atoms with van der Waals surface area (Å²) in [6.45, 7) is 4.48. The van der Waals surface area contributed by atoms with Crippen LogP contribution < -0.4 is 5.43 Å². The van der Waals surface area contributed by atoms with Crippen molar-refractivity contribution < 1.29 is 14.3 Å². The molecule has 1 amide bonds. The number of anilines is 1. The first kappa shape index (κ1) is 13.4. The number of fused-ring (bicyclic) bond motifs is 1. The fourth-order valence-corrected chi connectivity index (χ4v) is 1.85. The van der Waals surface area contributed by atoms with E-state index in [9.17, 15) is 4.79 Å². The molecule has 1 atom stereocenters. The van der Waals surface area contributed by atoms with Crippen LogP contribution in [-0.2, 0) is 9.47 Å². The molecule has 102 valence electrons. The van der Waals surface area contributed by atoms with Gasteiger partial charge in [0.2, 0.25) is 0 Å². The quantitative estimate of drug-likeness (QED) is 0.910. The first-order valence-electron chi connectivity index (χ1n) is 6.37. The van der Waals surface area contributed by atoms with Crippen LogP contribution in [0.1, 0.15) is 19.4 Å². The van der Waals surface area contributed by atoms with Gasteiger partial charge < -0.3 is 9.47 Å². The number of hydrogen-bond donors (Lipinski definition) is 1. The zero-order chi connectivity index (χ0) is 13.7. The Labute approximate surface area is 112 Å². The molecule has 0 radical (unpaired) electrons. The Hall–Kier alpha value is -2.01. The number of benzene rings is 1. The molecule has 19 heavy (non-hydrogen) atoms. The summed E-state index contributed by atoms with van der Waals surface area (Å²) in [6, 6.07) is 7.72. The monoisotopic (exact) mass is 262 g/mol.